The predicted octanol–water partition coefficient (Wildman–Crippen LogP) is -1.61. The Hall–Kier alpha value is -0.230. The second-order valence-electron chi connectivity index (χ2n) is 2.18. The van der Waals surface area contributed by atoms with Crippen molar-refractivity contribution in [3.8, 4) is 0 Å². The first-order valence-electron chi connectivity index (χ1n) is 2.93. The topological polar surface area (TPSA) is 69.9 Å². The van der Waals surface area contributed by atoms with Crippen molar-refractivity contribution in [1.29, 1.82) is 0 Å². The molecule has 1 rings (SSSR count). The van der Waals surface area contributed by atoms with Gasteiger partial charge in [-0.25, -0.2) is 4.39 Å². The van der Waals surface area contributed by atoms with Crippen LogP contribution in [0.25, 0.3) is 0 Å². The Morgan fingerprint density at radius 2 is 2.00 bits per heavy atom. The van der Waals surface area contributed by atoms with Crippen molar-refractivity contribution >= 4 is 0 Å². The molecule has 0 spiro atoms. The third kappa shape index (κ3) is 1.13. The van der Waals surface area contributed by atoms with E-state index in [9.17, 15) is 4.39 Å². The van der Waals surface area contributed by atoms with E-state index in [0.29, 0.717) is 0 Å². The summed E-state index contributed by atoms with van der Waals surface area (Å²) in [5, 5.41) is 25.7. The number of ether oxygens (including phenoxy) is 1. The number of halogens is 1. The number of alkyl halides is 1. The first-order chi connectivity index (χ1) is 4.66. The molecule has 4 atom stereocenters. The van der Waals surface area contributed by atoms with Crippen molar-refractivity contribution in [2.45, 2.75) is 24.7 Å². The van der Waals surface area contributed by atoms with Crippen LogP contribution in [0.4, 0.5) is 4.39 Å². The van der Waals surface area contributed by atoms with Gasteiger partial charge in [0.05, 0.1) is 6.61 Å². The average molecular weight is 152 g/mol. The lowest BCUT2D eigenvalue weighted by molar-refractivity contribution is -0.132. The van der Waals surface area contributed by atoms with E-state index in [4.69, 9.17) is 15.3 Å². The molecular weight excluding hydrogens is 143 g/mol. The van der Waals surface area contributed by atoms with Crippen LogP contribution in [0.15, 0.2) is 0 Å². The quantitative estimate of drug-likeness (QED) is 0.423. The highest BCUT2D eigenvalue weighted by molar-refractivity contribution is 4.85. The Bertz CT molecular complexity index is 120. The van der Waals surface area contributed by atoms with E-state index in [2.05, 4.69) is 4.74 Å². The third-order valence-corrected chi connectivity index (χ3v) is 1.47. The Kier molecular flexibility index (Phi) is 2.20. The van der Waals surface area contributed by atoms with Crippen molar-refractivity contribution in [2.75, 3.05) is 6.61 Å². The highest BCUT2D eigenvalue weighted by Crippen LogP contribution is 2.21. The van der Waals surface area contributed by atoms with E-state index in [1.807, 2.05) is 0 Å². The molecule has 0 amide bonds. The van der Waals surface area contributed by atoms with Gasteiger partial charge in [0.1, 0.15) is 12.2 Å². The molecule has 0 bridgehead atoms. The van der Waals surface area contributed by atoms with Gasteiger partial charge in [-0.1, -0.05) is 0 Å². The molecule has 0 aromatic heterocycles. The van der Waals surface area contributed by atoms with Crippen molar-refractivity contribution in [2.24, 2.45) is 0 Å². The van der Waals surface area contributed by atoms with Crippen LogP contribution in [0.5, 0.6) is 0 Å². The number of hydrogen-bond acceptors (Lipinski definition) is 4. The van der Waals surface area contributed by atoms with Crippen LogP contribution in [0.1, 0.15) is 0 Å². The Balaban J connectivity index is 2.53. The SMILES string of the molecule is OC[C@H]1OC(O)[C@H](O)[C@H]1F. The van der Waals surface area contributed by atoms with Crippen molar-refractivity contribution in [1.82, 2.24) is 0 Å². The monoisotopic (exact) mass is 152 g/mol. The van der Waals surface area contributed by atoms with Gasteiger partial charge in [0, 0.05) is 0 Å². The Morgan fingerprint density at radius 3 is 2.20 bits per heavy atom. The van der Waals surface area contributed by atoms with Gasteiger partial charge in [-0.05, 0) is 0 Å². The zero-order valence-electron chi connectivity index (χ0n) is 5.14. The van der Waals surface area contributed by atoms with Gasteiger partial charge < -0.3 is 20.1 Å². The largest absolute Gasteiger partial charge is 0.394 e. The molecule has 3 N–H and O–H groups in total. The summed E-state index contributed by atoms with van der Waals surface area (Å²) in [4.78, 5) is 0. The van der Waals surface area contributed by atoms with E-state index in [1.165, 1.54) is 0 Å². The first-order valence-corrected chi connectivity index (χ1v) is 2.93. The normalized spacial score (nSPS) is 48.0. The fourth-order valence-corrected chi connectivity index (χ4v) is 0.856. The number of aliphatic hydroxyl groups excluding tert-OH is 3. The van der Waals surface area contributed by atoms with Crippen LogP contribution in [0.3, 0.4) is 0 Å². The van der Waals surface area contributed by atoms with Crippen LogP contribution in [0.2, 0.25) is 0 Å². The standard InChI is InChI=1S/C5H9FO4/c6-3-2(1-7)10-5(9)4(3)8/h2-5,7-9H,1H2/t2-,3+,4-,5?/m1/s1. The summed E-state index contributed by atoms with van der Waals surface area (Å²) in [7, 11) is 0. The smallest absolute Gasteiger partial charge is 0.184 e. The summed E-state index contributed by atoms with van der Waals surface area (Å²) in [5.74, 6) is 0. The van der Waals surface area contributed by atoms with Crippen LogP contribution in [-0.4, -0.2) is 46.6 Å². The molecule has 1 heterocycles. The van der Waals surface area contributed by atoms with E-state index in [0.717, 1.165) is 0 Å². The molecule has 60 valence electrons. The Morgan fingerprint density at radius 1 is 1.40 bits per heavy atom. The fourth-order valence-electron chi connectivity index (χ4n) is 0.856. The second kappa shape index (κ2) is 2.79. The maximum atomic E-state index is 12.5. The minimum Gasteiger partial charge on any atom is -0.394 e. The summed E-state index contributed by atoms with van der Waals surface area (Å²) in [5.41, 5.74) is 0. The molecule has 1 unspecified atom stereocenters. The van der Waals surface area contributed by atoms with Gasteiger partial charge in [-0.2, -0.15) is 0 Å². The van der Waals surface area contributed by atoms with Gasteiger partial charge in [-0.15, -0.1) is 0 Å². The van der Waals surface area contributed by atoms with Crippen LogP contribution in [0, 0.1) is 0 Å². The second-order valence-corrected chi connectivity index (χ2v) is 2.18. The summed E-state index contributed by atoms with van der Waals surface area (Å²) < 4.78 is 17.0. The molecule has 0 aliphatic carbocycles. The van der Waals surface area contributed by atoms with Gasteiger partial charge in [-0.3, -0.25) is 0 Å². The van der Waals surface area contributed by atoms with E-state index in [1.54, 1.807) is 0 Å². The molecular formula is C5H9FO4. The van der Waals surface area contributed by atoms with Crippen LogP contribution < -0.4 is 0 Å². The molecule has 10 heavy (non-hydrogen) atoms. The maximum absolute atomic E-state index is 12.5. The summed E-state index contributed by atoms with van der Waals surface area (Å²) >= 11 is 0. The number of hydrogen-bond donors (Lipinski definition) is 3. The third-order valence-electron chi connectivity index (χ3n) is 1.47. The Labute approximate surface area is 56.9 Å². The van der Waals surface area contributed by atoms with Crippen LogP contribution in [-0.2, 0) is 4.74 Å². The molecule has 1 fully saturated rings. The summed E-state index contributed by atoms with van der Waals surface area (Å²) in [6.07, 6.45) is -5.82. The molecule has 1 saturated heterocycles. The minimum absolute atomic E-state index is 0.532. The molecule has 0 saturated carbocycles. The van der Waals surface area contributed by atoms with Crippen LogP contribution >= 0.6 is 0 Å². The maximum Gasteiger partial charge on any atom is 0.184 e. The van der Waals surface area contributed by atoms with Crippen molar-refractivity contribution < 1.29 is 24.4 Å². The van der Waals surface area contributed by atoms with Gasteiger partial charge in [0.2, 0.25) is 0 Å². The summed E-state index contributed by atoms with van der Waals surface area (Å²) in [6.45, 7) is -0.532. The van der Waals surface area contributed by atoms with E-state index >= 15 is 0 Å². The molecule has 0 aromatic carbocycles. The predicted molar refractivity (Wildman–Crippen MR) is 28.9 cm³/mol. The molecule has 5 heteroatoms. The lowest BCUT2D eigenvalue weighted by atomic mass is 10.2. The van der Waals surface area contributed by atoms with Gasteiger partial charge >= 0.3 is 0 Å². The lowest BCUT2D eigenvalue weighted by Crippen LogP contribution is -2.29. The van der Waals surface area contributed by atoms with Gasteiger partial charge in [0.15, 0.2) is 12.5 Å². The number of aliphatic hydroxyl groups is 3. The fraction of sp³-hybridized carbons (Fsp3) is 1.00. The van der Waals surface area contributed by atoms with Crippen molar-refractivity contribution in [3.05, 3.63) is 0 Å². The molecule has 0 radical (unpaired) electrons. The molecule has 4 nitrogen and oxygen atoms in total. The highest BCUT2D eigenvalue weighted by atomic mass is 19.1. The average Bonchev–Trinajstić information content (AvgIpc) is 2.17. The van der Waals surface area contributed by atoms with E-state index in [-0.39, 0.29) is 0 Å². The zero-order chi connectivity index (χ0) is 7.72. The molecule has 1 aliphatic rings. The number of rotatable bonds is 1. The highest BCUT2D eigenvalue weighted by Gasteiger charge is 2.42. The van der Waals surface area contributed by atoms with Gasteiger partial charge in [0.25, 0.3) is 0 Å². The minimum atomic E-state index is -1.69. The summed E-state index contributed by atoms with van der Waals surface area (Å²) in [6, 6.07) is 0. The zero-order valence-corrected chi connectivity index (χ0v) is 5.14. The molecule has 1 aliphatic heterocycles. The van der Waals surface area contributed by atoms with Crippen molar-refractivity contribution in [3.63, 3.8) is 0 Å². The molecule has 0 aromatic rings. The van der Waals surface area contributed by atoms with E-state index < -0.39 is 31.3 Å². The first kappa shape index (κ1) is 7.87. The lowest BCUT2D eigenvalue weighted by Gasteiger charge is -2.06.